The van der Waals surface area contributed by atoms with E-state index in [1.807, 2.05) is 0 Å². The molecule has 0 aromatic rings. The monoisotopic (exact) mass is 380 g/mol. The van der Waals surface area contributed by atoms with E-state index in [-0.39, 0.29) is 31.8 Å². The summed E-state index contributed by atoms with van der Waals surface area (Å²) in [6.45, 7) is -0.140. The van der Waals surface area contributed by atoms with Gasteiger partial charge in [-0.1, -0.05) is 0 Å². The normalized spacial score (nSPS) is 15.1. The molecule has 0 aliphatic carbocycles. The fourth-order valence-electron chi connectivity index (χ4n) is 1.75. The highest BCUT2D eigenvalue weighted by atomic mass is 32.2. The molecule has 0 saturated heterocycles. The Morgan fingerprint density at radius 2 is 1.59 bits per heavy atom. The van der Waals surface area contributed by atoms with Crippen LogP contribution in [0.15, 0.2) is 0 Å². The summed E-state index contributed by atoms with van der Waals surface area (Å²) in [6, 6.07) is 0. The van der Waals surface area contributed by atoms with Gasteiger partial charge in [0.05, 0.1) is 11.0 Å². The summed E-state index contributed by atoms with van der Waals surface area (Å²) >= 11 is 0. The van der Waals surface area contributed by atoms with Gasteiger partial charge in [-0.2, -0.15) is 0 Å². The lowest BCUT2D eigenvalue weighted by Crippen LogP contribution is -2.45. The van der Waals surface area contributed by atoms with Crippen LogP contribution < -0.4 is 16.0 Å². The highest BCUT2D eigenvalue weighted by molar-refractivity contribution is 7.90. The van der Waals surface area contributed by atoms with E-state index in [9.17, 15) is 25.3 Å². The van der Waals surface area contributed by atoms with Crippen molar-refractivity contribution in [3.63, 3.8) is 0 Å². The molecule has 0 radical (unpaired) electrons. The summed E-state index contributed by atoms with van der Waals surface area (Å²) in [5.41, 5.74) is 5.32. The Bertz CT molecular complexity index is 643. The molecule has 0 saturated carbocycles. The molecule has 0 rings (SSSR count). The van der Waals surface area contributed by atoms with Gasteiger partial charge in [-0.3, -0.25) is 4.90 Å². The molecular formula is C9H24N4O6S3. The first kappa shape index (κ1) is 21.7. The number of nitrogens with zero attached hydrogens (tertiary/aromatic N) is 1. The fraction of sp³-hybridized carbons (Fsp3) is 1.00. The molecule has 0 aliphatic rings. The van der Waals surface area contributed by atoms with Crippen molar-refractivity contribution in [2.45, 2.75) is 18.1 Å². The Balaban J connectivity index is 5.12. The molecule has 22 heavy (non-hydrogen) atoms. The molecule has 0 amide bonds. The summed E-state index contributed by atoms with van der Waals surface area (Å²) in [4.78, 5) is 1.15. The molecule has 0 heterocycles. The lowest BCUT2D eigenvalue weighted by atomic mass is 10.2. The molecule has 0 aromatic carbocycles. The van der Waals surface area contributed by atoms with Crippen LogP contribution in [0, 0.1) is 0 Å². The van der Waals surface area contributed by atoms with Gasteiger partial charge >= 0.3 is 0 Å². The maximum atomic E-state index is 11.6. The van der Waals surface area contributed by atoms with Gasteiger partial charge in [-0.25, -0.2) is 35.5 Å². The lowest BCUT2D eigenvalue weighted by molar-refractivity contribution is 0.321. The third kappa shape index (κ3) is 11.3. The molecule has 1 atom stereocenters. The zero-order valence-corrected chi connectivity index (χ0v) is 14.8. The Morgan fingerprint density at radius 3 is 1.95 bits per heavy atom. The standard InChI is InChI=1S/C9H24N4O6S3/c1-20(14,15)6-5-13(8-21(11,16)17)7-9(3-2-4-10)22(12,18)19/h9H,2-8,10H2,1H3,(H2,11,16,17)(H2,12,18,19). The highest BCUT2D eigenvalue weighted by Crippen LogP contribution is 2.09. The molecule has 0 aliphatic heterocycles. The van der Waals surface area contributed by atoms with Crippen molar-refractivity contribution in [3.8, 4) is 0 Å². The van der Waals surface area contributed by atoms with E-state index in [4.69, 9.17) is 16.0 Å². The molecule has 0 aromatic heterocycles. The molecule has 0 bridgehead atoms. The topological polar surface area (TPSA) is 184 Å². The van der Waals surface area contributed by atoms with Crippen molar-refractivity contribution in [2.75, 3.05) is 37.5 Å². The van der Waals surface area contributed by atoms with E-state index in [0.29, 0.717) is 6.42 Å². The summed E-state index contributed by atoms with van der Waals surface area (Å²) in [5.74, 6) is -0.978. The molecule has 134 valence electrons. The first-order chi connectivity index (χ1) is 9.74. The minimum absolute atomic E-state index is 0.148. The van der Waals surface area contributed by atoms with E-state index in [1.54, 1.807) is 0 Å². The molecule has 1 unspecified atom stereocenters. The second kappa shape index (κ2) is 8.52. The molecule has 0 spiro atoms. The zero-order valence-electron chi connectivity index (χ0n) is 12.4. The SMILES string of the molecule is CS(=O)(=O)CCN(CC(CCCN)S(N)(=O)=O)CS(N)(=O)=O. The van der Waals surface area contributed by atoms with Gasteiger partial charge in [0.15, 0.2) is 0 Å². The van der Waals surface area contributed by atoms with Crippen LogP contribution in [0.25, 0.3) is 0 Å². The second-order valence-corrected chi connectivity index (χ2v) is 10.8. The number of nitrogens with two attached hydrogens (primary N) is 3. The third-order valence-electron chi connectivity index (χ3n) is 2.80. The predicted molar refractivity (Wildman–Crippen MR) is 84.4 cm³/mol. The maximum Gasteiger partial charge on any atom is 0.222 e. The Kier molecular flexibility index (Phi) is 8.40. The fourth-order valence-corrected chi connectivity index (χ4v) is 4.00. The number of sulfone groups is 1. The quantitative estimate of drug-likeness (QED) is 0.338. The van der Waals surface area contributed by atoms with Crippen LogP contribution in [0.5, 0.6) is 0 Å². The van der Waals surface area contributed by atoms with Gasteiger partial charge in [0.2, 0.25) is 20.0 Å². The maximum absolute atomic E-state index is 11.6. The zero-order chi connectivity index (χ0) is 17.6. The van der Waals surface area contributed by atoms with E-state index in [1.165, 1.54) is 0 Å². The largest absolute Gasteiger partial charge is 0.330 e. The molecule has 6 N–H and O–H groups in total. The minimum atomic E-state index is -3.93. The summed E-state index contributed by atoms with van der Waals surface area (Å²) in [6.07, 6.45) is 1.53. The van der Waals surface area contributed by atoms with Gasteiger partial charge in [0, 0.05) is 19.3 Å². The predicted octanol–water partition coefficient (Wildman–Crippen LogP) is -3.02. The first-order valence-corrected chi connectivity index (χ1v) is 11.8. The van der Waals surface area contributed by atoms with Gasteiger partial charge in [0.25, 0.3) is 0 Å². The van der Waals surface area contributed by atoms with Crippen LogP contribution in [0.1, 0.15) is 12.8 Å². The minimum Gasteiger partial charge on any atom is -0.330 e. The highest BCUT2D eigenvalue weighted by Gasteiger charge is 2.26. The number of rotatable bonds is 11. The second-order valence-electron chi connectivity index (χ2n) is 5.14. The first-order valence-electron chi connectivity index (χ1n) is 6.37. The van der Waals surface area contributed by atoms with Crippen molar-refractivity contribution in [1.29, 1.82) is 0 Å². The summed E-state index contributed by atoms with van der Waals surface area (Å²) in [5, 5.41) is 9.02. The molecule has 0 fully saturated rings. The van der Waals surface area contributed by atoms with Crippen LogP contribution in [-0.4, -0.2) is 72.9 Å². The van der Waals surface area contributed by atoms with E-state index >= 15 is 0 Å². The number of hydrogen-bond donors (Lipinski definition) is 3. The van der Waals surface area contributed by atoms with Crippen LogP contribution >= 0.6 is 0 Å². The molecule has 10 nitrogen and oxygen atoms in total. The van der Waals surface area contributed by atoms with E-state index < -0.39 is 41.0 Å². The average Bonchev–Trinajstić information content (AvgIpc) is 2.26. The summed E-state index contributed by atoms with van der Waals surface area (Å²) in [7, 11) is -11.2. The number of primary sulfonamides is 2. The van der Waals surface area contributed by atoms with Gasteiger partial charge in [-0.05, 0) is 19.4 Å². The van der Waals surface area contributed by atoms with Crippen molar-refractivity contribution in [2.24, 2.45) is 16.0 Å². The van der Waals surface area contributed by atoms with Crippen molar-refractivity contribution in [1.82, 2.24) is 4.90 Å². The number of sulfonamides is 2. The lowest BCUT2D eigenvalue weighted by Gasteiger charge is -2.25. The van der Waals surface area contributed by atoms with Gasteiger partial charge in [-0.15, -0.1) is 0 Å². The van der Waals surface area contributed by atoms with Crippen LogP contribution in [0.2, 0.25) is 0 Å². The van der Waals surface area contributed by atoms with Crippen molar-refractivity contribution in [3.05, 3.63) is 0 Å². The van der Waals surface area contributed by atoms with Crippen LogP contribution in [-0.2, 0) is 29.9 Å². The summed E-state index contributed by atoms with van der Waals surface area (Å²) < 4.78 is 67.9. The van der Waals surface area contributed by atoms with Gasteiger partial charge < -0.3 is 5.73 Å². The molecule has 13 heteroatoms. The van der Waals surface area contributed by atoms with Crippen LogP contribution in [0.3, 0.4) is 0 Å². The Morgan fingerprint density at radius 1 is 1.05 bits per heavy atom. The number of hydrogen-bond acceptors (Lipinski definition) is 8. The third-order valence-corrected chi connectivity index (χ3v) is 5.76. The Hall–Kier alpha value is -0.310. The van der Waals surface area contributed by atoms with E-state index in [2.05, 4.69) is 0 Å². The van der Waals surface area contributed by atoms with E-state index in [0.717, 1.165) is 11.2 Å². The van der Waals surface area contributed by atoms with Crippen molar-refractivity contribution >= 4 is 29.9 Å². The van der Waals surface area contributed by atoms with Crippen molar-refractivity contribution < 1.29 is 25.3 Å². The molecular weight excluding hydrogens is 356 g/mol. The average molecular weight is 381 g/mol. The Labute approximate surface area is 132 Å². The smallest absolute Gasteiger partial charge is 0.222 e. The van der Waals surface area contributed by atoms with Gasteiger partial charge in [0.1, 0.15) is 15.7 Å². The van der Waals surface area contributed by atoms with Crippen LogP contribution in [0.4, 0.5) is 0 Å².